The van der Waals surface area contributed by atoms with Crippen LogP contribution in [0, 0.1) is 34.5 Å². The molecule has 0 heterocycles. The molecule has 0 N–H and O–H groups in total. The minimum atomic E-state index is -1.16. The Hall–Kier alpha value is -2.66. The van der Waals surface area contributed by atoms with Gasteiger partial charge in [-0.25, -0.2) is 0 Å². The molecule has 0 bridgehead atoms. The Labute approximate surface area is 123 Å². The molecule has 108 valence electrons. The summed E-state index contributed by atoms with van der Waals surface area (Å²) in [6.07, 6.45) is 0. The third kappa shape index (κ3) is 3.90. The van der Waals surface area contributed by atoms with Crippen LogP contribution in [0.5, 0.6) is 0 Å². The third-order valence-corrected chi connectivity index (χ3v) is 3.16. The van der Waals surface area contributed by atoms with E-state index in [1.165, 1.54) is 6.92 Å². The monoisotopic (exact) mass is 284 g/mol. The smallest absolute Gasteiger partial charge is 0.317 e. The van der Waals surface area contributed by atoms with E-state index in [0.29, 0.717) is 5.56 Å². The third-order valence-electron chi connectivity index (χ3n) is 3.16. The van der Waals surface area contributed by atoms with Crippen molar-refractivity contribution in [1.29, 1.82) is 10.5 Å². The van der Waals surface area contributed by atoms with Gasteiger partial charge in [0, 0.05) is 5.92 Å². The molecule has 0 saturated carbocycles. The fourth-order valence-corrected chi connectivity index (χ4v) is 2.24. The number of ketones is 1. The maximum Gasteiger partial charge on any atom is 0.317 e. The standard InChI is InChI=1S/C16H16N2O3/c1-3-21-16(20)14(11(2)19)15(13(9-17)10-18)12-7-5-4-6-8-12/h4-8,13-15H,3H2,1-2H3. The number of nitrogens with zero attached hydrogens (tertiary/aromatic N) is 2. The second-order valence-corrected chi connectivity index (χ2v) is 4.51. The number of carbonyl (C=O) groups is 2. The number of benzene rings is 1. The summed E-state index contributed by atoms with van der Waals surface area (Å²) in [5, 5.41) is 18.3. The molecule has 2 atom stereocenters. The van der Waals surface area contributed by atoms with Crippen LogP contribution in [0.2, 0.25) is 0 Å². The first-order chi connectivity index (χ1) is 10.1. The van der Waals surface area contributed by atoms with E-state index in [4.69, 9.17) is 15.3 Å². The summed E-state index contributed by atoms with van der Waals surface area (Å²) >= 11 is 0. The van der Waals surface area contributed by atoms with Gasteiger partial charge in [-0.1, -0.05) is 30.3 Å². The van der Waals surface area contributed by atoms with Gasteiger partial charge in [0.1, 0.15) is 17.6 Å². The molecule has 0 aliphatic rings. The Bertz CT molecular complexity index is 570. The molecule has 0 spiro atoms. The van der Waals surface area contributed by atoms with Crippen molar-refractivity contribution >= 4 is 11.8 Å². The fraction of sp³-hybridized carbons (Fsp3) is 0.375. The zero-order chi connectivity index (χ0) is 15.8. The molecule has 1 rings (SSSR count). The highest BCUT2D eigenvalue weighted by Gasteiger charge is 2.40. The van der Waals surface area contributed by atoms with E-state index < -0.39 is 29.5 Å². The van der Waals surface area contributed by atoms with Crippen molar-refractivity contribution in [3.63, 3.8) is 0 Å². The molecule has 0 saturated heterocycles. The van der Waals surface area contributed by atoms with Crippen molar-refractivity contribution in [2.24, 2.45) is 11.8 Å². The van der Waals surface area contributed by atoms with Gasteiger partial charge < -0.3 is 4.74 Å². The van der Waals surface area contributed by atoms with Gasteiger partial charge in [0.2, 0.25) is 0 Å². The van der Waals surface area contributed by atoms with E-state index in [0.717, 1.165) is 0 Å². The lowest BCUT2D eigenvalue weighted by Crippen LogP contribution is -2.33. The average molecular weight is 284 g/mol. The van der Waals surface area contributed by atoms with Crippen LogP contribution in [0.15, 0.2) is 30.3 Å². The van der Waals surface area contributed by atoms with Crippen LogP contribution < -0.4 is 0 Å². The number of nitriles is 2. The minimum Gasteiger partial charge on any atom is -0.465 e. The summed E-state index contributed by atoms with van der Waals surface area (Å²) in [4.78, 5) is 24.0. The normalized spacial score (nSPS) is 12.8. The van der Waals surface area contributed by atoms with Gasteiger partial charge in [0.25, 0.3) is 0 Å². The van der Waals surface area contributed by atoms with Gasteiger partial charge in [-0.3, -0.25) is 9.59 Å². The van der Waals surface area contributed by atoms with Gasteiger partial charge in [0.15, 0.2) is 0 Å². The molecule has 5 nitrogen and oxygen atoms in total. The van der Waals surface area contributed by atoms with Crippen LogP contribution >= 0.6 is 0 Å². The van der Waals surface area contributed by atoms with E-state index in [1.54, 1.807) is 37.3 Å². The zero-order valence-electron chi connectivity index (χ0n) is 11.9. The van der Waals surface area contributed by atoms with Crippen molar-refractivity contribution < 1.29 is 14.3 Å². The van der Waals surface area contributed by atoms with Crippen LogP contribution in [0.1, 0.15) is 25.3 Å². The molecule has 0 radical (unpaired) electrons. The van der Waals surface area contributed by atoms with Crippen molar-refractivity contribution in [2.75, 3.05) is 6.61 Å². The molecule has 0 amide bonds. The van der Waals surface area contributed by atoms with Gasteiger partial charge >= 0.3 is 5.97 Å². The predicted octanol–water partition coefficient (Wildman–Crippen LogP) is 2.20. The lowest BCUT2D eigenvalue weighted by Gasteiger charge is -2.24. The SMILES string of the molecule is CCOC(=O)C(C(C)=O)C(c1ccccc1)C(C#N)C#N. The average Bonchev–Trinajstić information content (AvgIpc) is 2.48. The van der Waals surface area contributed by atoms with Crippen LogP contribution in [0.25, 0.3) is 0 Å². The lowest BCUT2D eigenvalue weighted by atomic mass is 9.76. The quantitative estimate of drug-likeness (QED) is 0.590. The van der Waals surface area contributed by atoms with Crippen molar-refractivity contribution in [2.45, 2.75) is 19.8 Å². The van der Waals surface area contributed by atoms with E-state index in [-0.39, 0.29) is 6.61 Å². The molecule has 21 heavy (non-hydrogen) atoms. The van der Waals surface area contributed by atoms with E-state index in [1.807, 2.05) is 12.1 Å². The molecule has 0 fully saturated rings. The summed E-state index contributed by atoms with van der Waals surface area (Å²) < 4.78 is 4.93. The first kappa shape index (κ1) is 16.4. The van der Waals surface area contributed by atoms with Crippen LogP contribution in [-0.4, -0.2) is 18.4 Å². The van der Waals surface area contributed by atoms with Crippen LogP contribution in [0.4, 0.5) is 0 Å². The summed E-state index contributed by atoms with van der Waals surface area (Å²) in [7, 11) is 0. The number of Topliss-reactive ketones (excluding diaryl/α,β-unsaturated/α-hetero) is 1. The number of hydrogen-bond acceptors (Lipinski definition) is 5. The highest BCUT2D eigenvalue weighted by atomic mass is 16.5. The molecule has 0 aliphatic heterocycles. The number of rotatable bonds is 6. The Balaban J connectivity index is 3.34. The van der Waals surface area contributed by atoms with Gasteiger partial charge in [-0.15, -0.1) is 0 Å². The first-order valence-corrected chi connectivity index (χ1v) is 6.58. The number of hydrogen-bond donors (Lipinski definition) is 0. The molecule has 0 aromatic heterocycles. The maximum absolute atomic E-state index is 12.1. The van der Waals surface area contributed by atoms with Crippen LogP contribution in [-0.2, 0) is 14.3 Å². The Morgan fingerprint density at radius 2 is 1.76 bits per heavy atom. The molecule has 1 aromatic rings. The summed E-state index contributed by atoms with van der Waals surface area (Å²) in [5.41, 5.74) is 0.596. The van der Waals surface area contributed by atoms with Gasteiger partial charge in [-0.2, -0.15) is 10.5 Å². The molecule has 5 heteroatoms. The minimum absolute atomic E-state index is 0.133. The second kappa shape index (κ2) is 7.81. The number of carbonyl (C=O) groups excluding carboxylic acids is 2. The van der Waals surface area contributed by atoms with Crippen molar-refractivity contribution in [3.8, 4) is 12.1 Å². The number of ether oxygens (including phenoxy) is 1. The second-order valence-electron chi connectivity index (χ2n) is 4.51. The highest BCUT2D eigenvalue weighted by Crippen LogP contribution is 2.33. The predicted molar refractivity (Wildman–Crippen MR) is 74.7 cm³/mol. The summed E-state index contributed by atoms with van der Waals surface area (Å²) in [6.45, 7) is 3.04. The van der Waals surface area contributed by atoms with Gasteiger partial charge in [-0.05, 0) is 19.4 Å². The van der Waals surface area contributed by atoms with Crippen LogP contribution in [0.3, 0.4) is 0 Å². The van der Waals surface area contributed by atoms with Crippen molar-refractivity contribution in [3.05, 3.63) is 35.9 Å². The molecule has 1 aromatic carbocycles. The highest BCUT2D eigenvalue weighted by molar-refractivity contribution is 5.99. The van der Waals surface area contributed by atoms with Gasteiger partial charge in [0.05, 0.1) is 18.7 Å². The first-order valence-electron chi connectivity index (χ1n) is 6.58. The molecular weight excluding hydrogens is 268 g/mol. The van der Waals surface area contributed by atoms with E-state index in [9.17, 15) is 9.59 Å². The fourth-order valence-electron chi connectivity index (χ4n) is 2.24. The van der Waals surface area contributed by atoms with E-state index >= 15 is 0 Å². The Kier molecular flexibility index (Phi) is 6.10. The van der Waals surface area contributed by atoms with Crippen molar-refractivity contribution in [1.82, 2.24) is 0 Å². The molecule has 0 aliphatic carbocycles. The maximum atomic E-state index is 12.1. The summed E-state index contributed by atoms with van der Waals surface area (Å²) in [6, 6.07) is 12.4. The Morgan fingerprint density at radius 3 is 2.19 bits per heavy atom. The summed E-state index contributed by atoms with van der Waals surface area (Å²) in [5.74, 6) is -4.22. The molecular formula is C16H16N2O3. The number of esters is 1. The zero-order valence-corrected chi connectivity index (χ0v) is 11.9. The largest absolute Gasteiger partial charge is 0.465 e. The Morgan fingerprint density at radius 1 is 1.19 bits per heavy atom. The van der Waals surface area contributed by atoms with E-state index in [2.05, 4.69) is 0 Å². The topological polar surface area (TPSA) is 90.9 Å². The molecule has 2 unspecified atom stereocenters. The lowest BCUT2D eigenvalue weighted by molar-refractivity contribution is -0.152.